The van der Waals surface area contributed by atoms with E-state index in [-0.39, 0.29) is 12.1 Å². The van der Waals surface area contributed by atoms with E-state index in [0.29, 0.717) is 22.4 Å². The molecule has 2 amide bonds. The van der Waals surface area contributed by atoms with Gasteiger partial charge in [-0.05, 0) is 18.9 Å². The highest BCUT2D eigenvalue weighted by Gasteiger charge is 2.24. The fourth-order valence-corrected chi connectivity index (χ4v) is 2.39. The van der Waals surface area contributed by atoms with E-state index in [0.717, 1.165) is 18.4 Å². The van der Waals surface area contributed by atoms with Gasteiger partial charge in [-0.25, -0.2) is 4.79 Å². The summed E-state index contributed by atoms with van der Waals surface area (Å²) in [5.74, 6) is 0.579. The molecule has 1 aromatic carbocycles. The Morgan fingerprint density at radius 2 is 2.16 bits per heavy atom. The smallest absolute Gasteiger partial charge is 0.317 e. The lowest BCUT2D eigenvalue weighted by atomic mass is 10.0. The van der Waals surface area contributed by atoms with Crippen LogP contribution in [0.5, 0.6) is 5.75 Å². The average molecular weight is 303 g/mol. The molecule has 104 valence electrons. The van der Waals surface area contributed by atoms with Gasteiger partial charge in [-0.3, -0.25) is 0 Å². The molecule has 4 nitrogen and oxygen atoms in total. The molecule has 1 aliphatic rings. The van der Waals surface area contributed by atoms with Crippen molar-refractivity contribution in [2.75, 3.05) is 20.7 Å². The quantitative estimate of drug-likeness (QED) is 0.863. The molecule has 0 radical (unpaired) electrons. The zero-order chi connectivity index (χ0) is 14.0. The number of hydrogen-bond donors (Lipinski definition) is 1. The van der Waals surface area contributed by atoms with Gasteiger partial charge in [-0.15, -0.1) is 0 Å². The number of carbonyl (C=O) groups excluding carboxylic acids is 1. The van der Waals surface area contributed by atoms with E-state index >= 15 is 0 Å². The van der Waals surface area contributed by atoms with Crippen LogP contribution in [0.2, 0.25) is 10.0 Å². The van der Waals surface area contributed by atoms with Crippen molar-refractivity contribution in [3.8, 4) is 5.75 Å². The molecule has 0 saturated heterocycles. The van der Waals surface area contributed by atoms with Crippen molar-refractivity contribution >= 4 is 29.2 Å². The van der Waals surface area contributed by atoms with E-state index in [1.54, 1.807) is 20.2 Å². The number of carbonyl (C=O) groups is 1. The Morgan fingerprint density at radius 1 is 1.42 bits per heavy atom. The van der Waals surface area contributed by atoms with Crippen LogP contribution in [0.15, 0.2) is 12.1 Å². The Balaban J connectivity index is 2.33. The Labute approximate surface area is 122 Å². The minimum atomic E-state index is -0.135. The van der Waals surface area contributed by atoms with Crippen molar-refractivity contribution in [2.45, 2.75) is 18.9 Å². The molecule has 1 unspecified atom stereocenters. The maximum absolute atomic E-state index is 11.8. The molecule has 0 bridgehead atoms. The monoisotopic (exact) mass is 302 g/mol. The van der Waals surface area contributed by atoms with Gasteiger partial charge in [0, 0.05) is 19.7 Å². The maximum atomic E-state index is 11.8. The second-order valence-corrected chi connectivity index (χ2v) is 5.45. The van der Waals surface area contributed by atoms with Gasteiger partial charge in [0.1, 0.15) is 10.8 Å². The lowest BCUT2D eigenvalue weighted by Gasteiger charge is -2.21. The van der Waals surface area contributed by atoms with E-state index in [2.05, 4.69) is 5.32 Å². The first-order valence-electron chi connectivity index (χ1n) is 6.09. The zero-order valence-electron chi connectivity index (χ0n) is 10.9. The number of ether oxygens (including phenoxy) is 1. The molecule has 1 aliphatic heterocycles. The van der Waals surface area contributed by atoms with E-state index in [4.69, 9.17) is 27.9 Å². The van der Waals surface area contributed by atoms with Crippen LogP contribution >= 0.6 is 23.2 Å². The number of nitrogens with zero attached hydrogens (tertiary/aromatic N) is 1. The van der Waals surface area contributed by atoms with E-state index < -0.39 is 0 Å². The second-order valence-electron chi connectivity index (χ2n) is 4.67. The minimum Gasteiger partial charge on any atom is -0.492 e. The molecule has 0 spiro atoms. The Bertz CT molecular complexity index is 492. The van der Waals surface area contributed by atoms with Gasteiger partial charge < -0.3 is 15.0 Å². The van der Waals surface area contributed by atoms with Crippen LogP contribution in [0.3, 0.4) is 0 Å². The summed E-state index contributed by atoms with van der Waals surface area (Å²) in [5.41, 5.74) is 0.877. The molecule has 19 heavy (non-hydrogen) atoms. The molecule has 6 heteroatoms. The molecule has 0 aromatic heterocycles. The second kappa shape index (κ2) is 5.88. The third-order valence-electron chi connectivity index (χ3n) is 3.04. The highest BCUT2D eigenvalue weighted by atomic mass is 35.5. The average Bonchev–Trinajstić information content (AvgIpc) is 2.57. The van der Waals surface area contributed by atoms with Crippen LogP contribution in [0.1, 0.15) is 24.4 Å². The van der Waals surface area contributed by atoms with Gasteiger partial charge in [0.05, 0.1) is 17.7 Å². The van der Waals surface area contributed by atoms with Crippen molar-refractivity contribution in [3.05, 3.63) is 27.7 Å². The fraction of sp³-hybridized carbons (Fsp3) is 0.462. The summed E-state index contributed by atoms with van der Waals surface area (Å²) >= 11 is 12.2. The molecule has 0 fully saturated rings. The summed E-state index contributed by atoms with van der Waals surface area (Å²) in [6, 6.07) is 3.34. The zero-order valence-corrected chi connectivity index (χ0v) is 12.4. The van der Waals surface area contributed by atoms with Crippen molar-refractivity contribution < 1.29 is 9.53 Å². The number of benzene rings is 1. The Kier molecular flexibility index (Phi) is 4.42. The topological polar surface area (TPSA) is 41.6 Å². The van der Waals surface area contributed by atoms with E-state index in [9.17, 15) is 4.79 Å². The molecule has 1 aromatic rings. The summed E-state index contributed by atoms with van der Waals surface area (Å²) in [5, 5.41) is 3.83. The Morgan fingerprint density at radius 3 is 2.84 bits per heavy atom. The summed E-state index contributed by atoms with van der Waals surface area (Å²) in [4.78, 5) is 13.3. The van der Waals surface area contributed by atoms with Crippen molar-refractivity contribution in [3.63, 3.8) is 0 Å². The van der Waals surface area contributed by atoms with E-state index in [1.807, 2.05) is 6.07 Å². The van der Waals surface area contributed by atoms with E-state index in [1.165, 1.54) is 4.90 Å². The van der Waals surface area contributed by atoms with Gasteiger partial charge in [0.15, 0.2) is 0 Å². The molecule has 1 N–H and O–H groups in total. The summed E-state index contributed by atoms with van der Waals surface area (Å²) in [6.45, 7) is 0.571. The molecular formula is C13H16Cl2N2O2. The van der Waals surface area contributed by atoms with Gasteiger partial charge >= 0.3 is 6.03 Å². The number of fused-ring (bicyclic) bond motifs is 1. The molecule has 1 atom stereocenters. The van der Waals surface area contributed by atoms with Crippen LogP contribution in [-0.2, 0) is 0 Å². The molecule has 0 aliphatic carbocycles. The number of amides is 2. The van der Waals surface area contributed by atoms with Gasteiger partial charge in [0.2, 0.25) is 0 Å². The third-order valence-corrected chi connectivity index (χ3v) is 3.83. The van der Waals surface area contributed by atoms with Gasteiger partial charge in [-0.1, -0.05) is 29.3 Å². The first-order chi connectivity index (χ1) is 9.00. The molecular weight excluding hydrogens is 287 g/mol. The highest BCUT2D eigenvalue weighted by Crippen LogP contribution is 2.40. The van der Waals surface area contributed by atoms with Gasteiger partial charge in [0.25, 0.3) is 0 Å². The van der Waals surface area contributed by atoms with Crippen molar-refractivity contribution in [1.29, 1.82) is 0 Å². The van der Waals surface area contributed by atoms with Crippen molar-refractivity contribution in [2.24, 2.45) is 0 Å². The number of hydrogen-bond acceptors (Lipinski definition) is 2. The minimum absolute atomic E-state index is 0.109. The van der Waals surface area contributed by atoms with Crippen LogP contribution in [0.25, 0.3) is 0 Å². The highest BCUT2D eigenvalue weighted by molar-refractivity contribution is 6.43. The standard InChI is InChI=1S/C13H16Cl2N2O2/c1-17(2)13(18)16-10-4-3-7-19-12-8(10)5-6-9(14)11(12)15/h5-6,10H,3-4,7H2,1-2H3,(H,16,18). The SMILES string of the molecule is CN(C)C(=O)NC1CCCOc2c1ccc(Cl)c2Cl. The maximum Gasteiger partial charge on any atom is 0.317 e. The van der Waals surface area contributed by atoms with Crippen LogP contribution in [0, 0.1) is 0 Å². The predicted octanol–water partition coefficient (Wildman–Crippen LogP) is 3.48. The van der Waals surface area contributed by atoms with Crippen molar-refractivity contribution in [1.82, 2.24) is 10.2 Å². The first-order valence-corrected chi connectivity index (χ1v) is 6.85. The van der Waals surface area contributed by atoms with Gasteiger partial charge in [-0.2, -0.15) is 0 Å². The number of halogens is 2. The number of rotatable bonds is 1. The lowest BCUT2D eigenvalue weighted by Crippen LogP contribution is -2.37. The van der Waals surface area contributed by atoms with Crippen LogP contribution in [0.4, 0.5) is 4.79 Å². The largest absolute Gasteiger partial charge is 0.492 e. The summed E-state index contributed by atoms with van der Waals surface area (Å²) in [7, 11) is 3.41. The molecule has 0 saturated carbocycles. The molecule has 1 heterocycles. The summed E-state index contributed by atoms with van der Waals surface area (Å²) in [6.07, 6.45) is 1.66. The van der Waals surface area contributed by atoms with Crippen LogP contribution < -0.4 is 10.1 Å². The number of nitrogens with one attached hydrogen (secondary N) is 1. The predicted molar refractivity (Wildman–Crippen MR) is 76.2 cm³/mol. The normalized spacial score (nSPS) is 18.0. The summed E-state index contributed by atoms with van der Waals surface area (Å²) < 4.78 is 5.65. The third kappa shape index (κ3) is 3.07. The fourth-order valence-electron chi connectivity index (χ4n) is 2.01. The first kappa shape index (κ1) is 14.3. The number of urea groups is 1. The Hall–Kier alpha value is -1.13. The lowest BCUT2D eigenvalue weighted by molar-refractivity contribution is 0.212. The molecule has 2 rings (SSSR count). The van der Waals surface area contributed by atoms with Crippen LogP contribution in [-0.4, -0.2) is 31.6 Å².